The van der Waals surface area contributed by atoms with Gasteiger partial charge in [0.2, 0.25) is 0 Å². The Morgan fingerprint density at radius 3 is 0.805 bits per heavy atom. The first-order valence-corrected chi connectivity index (χ1v) is 29.9. The van der Waals surface area contributed by atoms with Crippen molar-refractivity contribution in [3.05, 3.63) is 194 Å². The molecular formula is C71H106O6. The van der Waals surface area contributed by atoms with Gasteiger partial charge in [-0.2, -0.15) is 0 Å². The molecule has 0 aromatic carbocycles. The fourth-order valence-corrected chi connectivity index (χ4v) is 7.21. The first-order valence-electron chi connectivity index (χ1n) is 29.9. The van der Waals surface area contributed by atoms with Crippen LogP contribution in [0.5, 0.6) is 0 Å². The summed E-state index contributed by atoms with van der Waals surface area (Å²) in [7, 11) is 0. The van der Waals surface area contributed by atoms with Gasteiger partial charge in [-0.15, -0.1) is 0 Å². The average Bonchev–Trinajstić information content (AvgIpc) is 3.43. The monoisotopic (exact) mass is 1050 g/mol. The molecule has 0 radical (unpaired) electrons. The third-order valence-electron chi connectivity index (χ3n) is 11.6. The van der Waals surface area contributed by atoms with E-state index in [0.717, 1.165) is 161 Å². The topological polar surface area (TPSA) is 78.9 Å². The van der Waals surface area contributed by atoms with Gasteiger partial charge in [-0.1, -0.05) is 234 Å². The molecule has 0 rings (SSSR count). The number of hydrogen-bond acceptors (Lipinski definition) is 6. The SMILES string of the molecule is CC/C=C\C/C=C\C/C=C\C/C=C\C/C=C\C/C=C\C/C=C\CCCC(=O)OCC(COC(=O)CCCC/C=C\C/C=C\C/C=C\C/C=C\CC)OC(=O)CCCCCCC/C=C\C/C=C\C/C=C\C/C=C\C/C=C\CC. The number of rotatable bonds is 51. The van der Waals surface area contributed by atoms with Gasteiger partial charge in [0.25, 0.3) is 0 Å². The minimum atomic E-state index is -0.843. The normalized spacial score (nSPS) is 13.5. The van der Waals surface area contributed by atoms with Gasteiger partial charge in [0.05, 0.1) is 0 Å². The van der Waals surface area contributed by atoms with E-state index in [4.69, 9.17) is 14.2 Å². The third kappa shape index (κ3) is 61.0. The lowest BCUT2D eigenvalue weighted by atomic mass is 10.1. The number of ether oxygens (including phenoxy) is 3. The van der Waals surface area contributed by atoms with Crippen LogP contribution in [0.2, 0.25) is 0 Å². The van der Waals surface area contributed by atoms with E-state index in [2.05, 4.69) is 215 Å². The van der Waals surface area contributed by atoms with E-state index in [1.165, 1.54) is 0 Å². The number of carbonyl (C=O) groups excluding carboxylic acids is 3. The predicted molar refractivity (Wildman–Crippen MR) is 334 cm³/mol. The van der Waals surface area contributed by atoms with Crippen molar-refractivity contribution < 1.29 is 28.6 Å². The minimum absolute atomic E-state index is 0.137. The van der Waals surface area contributed by atoms with E-state index in [-0.39, 0.29) is 50.4 Å². The molecule has 0 heterocycles. The maximum absolute atomic E-state index is 12.9. The molecule has 0 aromatic heterocycles. The number of unbranched alkanes of at least 4 members (excludes halogenated alkanes) is 8. The van der Waals surface area contributed by atoms with Crippen molar-refractivity contribution in [3.8, 4) is 0 Å². The molecule has 0 saturated heterocycles. The fourth-order valence-electron chi connectivity index (χ4n) is 7.21. The summed E-state index contributed by atoms with van der Waals surface area (Å²) in [5.74, 6) is -1.07. The van der Waals surface area contributed by atoms with Crippen molar-refractivity contribution in [1.29, 1.82) is 0 Å². The Kier molecular flexibility index (Phi) is 58.1. The van der Waals surface area contributed by atoms with Crippen LogP contribution in [0.15, 0.2) is 194 Å². The van der Waals surface area contributed by atoms with Crippen molar-refractivity contribution in [3.63, 3.8) is 0 Å². The Balaban J connectivity index is 4.62. The van der Waals surface area contributed by atoms with E-state index in [9.17, 15) is 14.4 Å². The number of allylic oxidation sites excluding steroid dienone is 32. The molecular weight excluding hydrogens is 949 g/mol. The average molecular weight is 1060 g/mol. The number of esters is 3. The summed E-state index contributed by atoms with van der Waals surface area (Å²) < 4.78 is 16.8. The second-order valence-electron chi connectivity index (χ2n) is 18.8. The van der Waals surface area contributed by atoms with Crippen molar-refractivity contribution in [2.45, 2.75) is 219 Å². The molecule has 1 unspecified atom stereocenters. The quantitative estimate of drug-likeness (QED) is 0.0261. The zero-order valence-corrected chi connectivity index (χ0v) is 48.6. The summed E-state index contributed by atoms with van der Waals surface area (Å²) in [6.45, 7) is 6.17. The van der Waals surface area contributed by atoms with E-state index < -0.39 is 6.10 Å². The van der Waals surface area contributed by atoms with Gasteiger partial charge in [-0.3, -0.25) is 14.4 Å². The standard InChI is InChI=1S/C71H106O6/c1-4-7-10-13-16-19-22-25-28-30-32-34-35-37-38-40-43-46-49-52-55-58-61-64-70(73)76-67-68(66-75-69(72)63-60-57-54-51-48-45-42-27-24-21-18-15-12-9-6-3)77-71(74)65-62-59-56-53-50-47-44-41-39-36-33-31-29-26-23-20-17-14-11-8-5-2/h7-12,16-21,25-29,32-34,36-38,41-44,46,48,51-52,55,68H,4-6,13-15,22-24,30-31,35,39-40,45,47,49-50,53-54,56-67H2,1-3H3/b10-7-,11-8-,12-9-,19-16-,20-17-,21-18-,28-25-,29-26-,34-32-,36-33-,38-37-,42-27-,44-41-,46-43-,51-48-,55-52-. The molecule has 0 N–H and O–H groups in total. The van der Waals surface area contributed by atoms with Crippen LogP contribution in [-0.2, 0) is 28.6 Å². The van der Waals surface area contributed by atoms with E-state index in [1.807, 2.05) is 0 Å². The molecule has 0 fully saturated rings. The van der Waals surface area contributed by atoms with Crippen molar-refractivity contribution in [2.24, 2.45) is 0 Å². The highest BCUT2D eigenvalue weighted by molar-refractivity contribution is 5.71. The Bertz CT molecular complexity index is 1880. The van der Waals surface area contributed by atoms with Crippen LogP contribution in [0.25, 0.3) is 0 Å². The molecule has 1 atom stereocenters. The fraction of sp³-hybridized carbons (Fsp3) is 0.507. The Hall–Kier alpha value is -5.75. The van der Waals surface area contributed by atoms with Crippen LogP contribution in [0.4, 0.5) is 0 Å². The van der Waals surface area contributed by atoms with Crippen LogP contribution in [0.3, 0.4) is 0 Å². The van der Waals surface area contributed by atoms with Gasteiger partial charge in [-0.25, -0.2) is 0 Å². The van der Waals surface area contributed by atoms with E-state index >= 15 is 0 Å². The van der Waals surface area contributed by atoms with Crippen LogP contribution >= 0.6 is 0 Å². The smallest absolute Gasteiger partial charge is 0.306 e. The molecule has 0 amide bonds. The predicted octanol–water partition coefficient (Wildman–Crippen LogP) is 20.6. The Labute approximate surface area is 471 Å². The van der Waals surface area contributed by atoms with E-state index in [1.54, 1.807) is 0 Å². The maximum Gasteiger partial charge on any atom is 0.306 e. The highest BCUT2D eigenvalue weighted by Crippen LogP contribution is 2.12. The van der Waals surface area contributed by atoms with Gasteiger partial charge in [-0.05, 0) is 154 Å². The summed E-state index contributed by atoms with van der Waals surface area (Å²) in [4.78, 5) is 38.2. The van der Waals surface area contributed by atoms with Gasteiger partial charge in [0.1, 0.15) is 13.2 Å². The molecule has 0 spiro atoms. The van der Waals surface area contributed by atoms with Gasteiger partial charge >= 0.3 is 17.9 Å². The van der Waals surface area contributed by atoms with Crippen molar-refractivity contribution >= 4 is 17.9 Å². The number of hydrogen-bond donors (Lipinski definition) is 0. The molecule has 0 aliphatic heterocycles. The lowest BCUT2D eigenvalue weighted by Crippen LogP contribution is -2.30. The summed E-state index contributed by atoms with van der Waals surface area (Å²) >= 11 is 0. The molecule has 6 heteroatoms. The first-order chi connectivity index (χ1) is 38.0. The summed E-state index contributed by atoms with van der Waals surface area (Å²) in [5, 5.41) is 0. The molecule has 0 aliphatic carbocycles. The highest BCUT2D eigenvalue weighted by Gasteiger charge is 2.19. The summed E-state index contributed by atoms with van der Waals surface area (Å²) in [5.41, 5.74) is 0. The lowest BCUT2D eigenvalue weighted by Gasteiger charge is -2.18. The molecule has 77 heavy (non-hydrogen) atoms. The Morgan fingerprint density at radius 1 is 0.260 bits per heavy atom. The first kappa shape index (κ1) is 71.2. The van der Waals surface area contributed by atoms with Gasteiger partial charge in [0, 0.05) is 19.3 Å². The second kappa shape index (κ2) is 62.8. The van der Waals surface area contributed by atoms with Crippen LogP contribution in [0.1, 0.15) is 213 Å². The Morgan fingerprint density at radius 2 is 0.481 bits per heavy atom. The highest BCUT2D eigenvalue weighted by atomic mass is 16.6. The largest absolute Gasteiger partial charge is 0.462 e. The maximum atomic E-state index is 12.9. The summed E-state index contributed by atoms with van der Waals surface area (Å²) in [6.07, 6.45) is 95.7. The van der Waals surface area contributed by atoms with Crippen LogP contribution in [0, 0.1) is 0 Å². The molecule has 6 nitrogen and oxygen atoms in total. The molecule has 0 saturated carbocycles. The molecule has 0 aromatic rings. The second-order valence-corrected chi connectivity index (χ2v) is 18.8. The zero-order chi connectivity index (χ0) is 55.7. The third-order valence-corrected chi connectivity index (χ3v) is 11.6. The van der Waals surface area contributed by atoms with Gasteiger partial charge in [0.15, 0.2) is 6.10 Å². The summed E-state index contributed by atoms with van der Waals surface area (Å²) in [6, 6.07) is 0. The molecule has 0 bridgehead atoms. The van der Waals surface area contributed by atoms with Crippen LogP contribution < -0.4 is 0 Å². The number of carbonyl (C=O) groups is 3. The van der Waals surface area contributed by atoms with Crippen molar-refractivity contribution in [2.75, 3.05) is 13.2 Å². The zero-order valence-electron chi connectivity index (χ0n) is 48.6. The van der Waals surface area contributed by atoms with Crippen molar-refractivity contribution in [1.82, 2.24) is 0 Å². The lowest BCUT2D eigenvalue weighted by molar-refractivity contribution is -0.167. The van der Waals surface area contributed by atoms with Gasteiger partial charge < -0.3 is 14.2 Å². The van der Waals surface area contributed by atoms with E-state index in [0.29, 0.717) is 12.8 Å². The van der Waals surface area contributed by atoms with Crippen LogP contribution in [-0.4, -0.2) is 37.2 Å². The molecule has 0 aliphatic rings. The minimum Gasteiger partial charge on any atom is -0.462 e. The molecule has 426 valence electrons.